The van der Waals surface area contributed by atoms with E-state index in [1.165, 1.54) is 19.2 Å². The van der Waals surface area contributed by atoms with E-state index in [9.17, 15) is 27.9 Å². The summed E-state index contributed by atoms with van der Waals surface area (Å²) in [6.07, 6.45) is 2.01. The lowest BCUT2D eigenvalue weighted by molar-refractivity contribution is -0.142. The molecule has 5 rings (SSSR count). The first-order valence-electron chi connectivity index (χ1n) is 13.2. The summed E-state index contributed by atoms with van der Waals surface area (Å²) in [6, 6.07) is -0.0308. The highest BCUT2D eigenvalue weighted by Crippen LogP contribution is 2.41. The molecule has 0 unspecified atom stereocenters. The fourth-order valence-electron chi connectivity index (χ4n) is 5.91. The number of anilines is 1. The van der Waals surface area contributed by atoms with Gasteiger partial charge in [0.05, 0.1) is 11.0 Å². The average Bonchev–Trinajstić information content (AvgIpc) is 3.65. The van der Waals surface area contributed by atoms with Crippen LogP contribution in [0.25, 0.3) is 10.4 Å². The monoisotopic (exact) mass is 551 g/mol. The van der Waals surface area contributed by atoms with Gasteiger partial charge in [0.15, 0.2) is 5.01 Å². The average molecular weight is 552 g/mol. The molecular weight excluding hydrogens is 519 g/mol. The zero-order valence-electron chi connectivity index (χ0n) is 21.3. The summed E-state index contributed by atoms with van der Waals surface area (Å²) in [5.74, 6) is -0.539. The molecule has 3 N–H and O–H groups in total. The number of amides is 2. The Morgan fingerprint density at radius 2 is 1.87 bits per heavy atom. The number of carbonyl (C=O) groups is 2. The fourth-order valence-corrected chi connectivity index (χ4v) is 6.95. The van der Waals surface area contributed by atoms with Gasteiger partial charge in [0.2, 0.25) is 0 Å². The van der Waals surface area contributed by atoms with Gasteiger partial charge in [-0.25, -0.2) is 9.97 Å². The van der Waals surface area contributed by atoms with Crippen LogP contribution in [0, 0.1) is 6.92 Å². The molecule has 2 aromatic rings. The second-order valence-corrected chi connectivity index (χ2v) is 11.5. The van der Waals surface area contributed by atoms with Crippen molar-refractivity contribution in [2.75, 3.05) is 5.32 Å². The van der Waals surface area contributed by atoms with E-state index < -0.39 is 24.2 Å². The van der Waals surface area contributed by atoms with Crippen molar-refractivity contribution in [3.05, 3.63) is 28.5 Å². The van der Waals surface area contributed by atoms with Gasteiger partial charge in [-0.05, 0) is 69.9 Å². The topological polar surface area (TPSA) is 107 Å². The van der Waals surface area contributed by atoms with Gasteiger partial charge in [-0.2, -0.15) is 13.2 Å². The summed E-state index contributed by atoms with van der Waals surface area (Å²) < 4.78 is 39.8. The molecule has 2 aliphatic heterocycles. The summed E-state index contributed by atoms with van der Waals surface area (Å²) in [6.45, 7) is 3.19. The van der Waals surface area contributed by atoms with E-state index in [0.29, 0.717) is 35.3 Å². The number of aliphatic hydroxyl groups excluding tert-OH is 1. The third-order valence-electron chi connectivity index (χ3n) is 7.93. The molecule has 2 saturated heterocycles. The third-order valence-corrected chi connectivity index (χ3v) is 9.02. The van der Waals surface area contributed by atoms with Crippen LogP contribution in [0.3, 0.4) is 0 Å². The summed E-state index contributed by atoms with van der Waals surface area (Å²) in [5, 5.41) is 15.3. The molecule has 1 saturated carbocycles. The van der Waals surface area contributed by atoms with Gasteiger partial charge in [-0.15, -0.1) is 11.3 Å². The predicted octanol–water partition coefficient (Wildman–Crippen LogP) is 4.68. The Hall–Kier alpha value is -2.73. The van der Waals surface area contributed by atoms with E-state index in [0.717, 1.165) is 37.0 Å². The SMILES string of the molecule is CC[C@H](Nc1cc(C)c(-c2sc(C(=O)N[C@@H]3CC[C@@H](O)C3)nc2C(=O)N2C3CCC2CC3)cn1)C(F)(F)F. The van der Waals surface area contributed by atoms with E-state index in [1.54, 1.807) is 6.92 Å². The van der Waals surface area contributed by atoms with Crippen molar-refractivity contribution >= 4 is 29.0 Å². The molecule has 38 heavy (non-hydrogen) atoms. The zero-order valence-corrected chi connectivity index (χ0v) is 22.2. The molecule has 2 bridgehead atoms. The van der Waals surface area contributed by atoms with Gasteiger partial charge in [-0.1, -0.05) is 6.92 Å². The highest BCUT2D eigenvalue weighted by molar-refractivity contribution is 7.17. The number of hydrogen-bond donors (Lipinski definition) is 3. The number of halogens is 3. The summed E-state index contributed by atoms with van der Waals surface area (Å²) in [4.78, 5) is 37.9. The molecule has 0 spiro atoms. The number of nitrogens with zero attached hydrogens (tertiary/aromatic N) is 3. The molecule has 3 atom stereocenters. The molecule has 0 radical (unpaired) electrons. The largest absolute Gasteiger partial charge is 0.408 e. The van der Waals surface area contributed by atoms with Crippen LogP contribution in [0.15, 0.2) is 12.3 Å². The van der Waals surface area contributed by atoms with Gasteiger partial charge in [-0.3, -0.25) is 9.59 Å². The molecule has 12 heteroatoms. The molecule has 2 amide bonds. The van der Waals surface area contributed by atoms with Crippen LogP contribution in [0.4, 0.5) is 19.0 Å². The van der Waals surface area contributed by atoms with E-state index in [2.05, 4.69) is 20.6 Å². The summed E-state index contributed by atoms with van der Waals surface area (Å²) in [5.41, 5.74) is 1.35. The molecule has 2 aromatic heterocycles. The van der Waals surface area contributed by atoms with Crippen LogP contribution in [-0.4, -0.2) is 68.2 Å². The molecule has 3 fully saturated rings. The predicted molar refractivity (Wildman–Crippen MR) is 137 cm³/mol. The van der Waals surface area contributed by atoms with E-state index >= 15 is 0 Å². The number of hydrogen-bond acceptors (Lipinski definition) is 7. The summed E-state index contributed by atoms with van der Waals surface area (Å²) in [7, 11) is 0. The fraction of sp³-hybridized carbons (Fsp3) is 0.615. The Bertz CT molecular complexity index is 1200. The van der Waals surface area contributed by atoms with E-state index in [-0.39, 0.29) is 47.0 Å². The Balaban J connectivity index is 1.47. The minimum absolute atomic E-state index is 0.0863. The van der Waals surface area contributed by atoms with E-state index in [4.69, 9.17) is 0 Å². The second-order valence-electron chi connectivity index (χ2n) is 10.5. The Labute approximate surface area is 223 Å². The zero-order chi connectivity index (χ0) is 27.2. The number of rotatable bonds is 7. The van der Waals surface area contributed by atoms with Crippen LogP contribution in [0.2, 0.25) is 0 Å². The van der Waals surface area contributed by atoms with Crippen LogP contribution >= 0.6 is 11.3 Å². The number of aliphatic hydroxyl groups is 1. The quantitative estimate of drug-likeness (QED) is 0.462. The van der Waals surface area contributed by atoms with Crippen LogP contribution in [0.5, 0.6) is 0 Å². The maximum Gasteiger partial charge on any atom is 0.408 e. The number of alkyl halides is 3. The van der Waals surface area contributed by atoms with Crippen LogP contribution < -0.4 is 10.6 Å². The number of thiazole rings is 1. The van der Waals surface area contributed by atoms with Crippen LogP contribution in [0.1, 0.15) is 84.1 Å². The van der Waals surface area contributed by atoms with Gasteiger partial charge in [0, 0.05) is 29.9 Å². The molecule has 3 aliphatic rings. The van der Waals surface area contributed by atoms with Crippen molar-refractivity contribution in [1.82, 2.24) is 20.2 Å². The van der Waals surface area contributed by atoms with Crippen molar-refractivity contribution in [3.63, 3.8) is 0 Å². The van der Waals surface area contributed by atoms with Crippen LogP contribution in [-0.2, 0) is 0 Å². The van der Waals surface area contributed by atoms with Crippen molar-refractivity contribution < 1.29 is 27.9 Å². The second kappa shape index (κ2) is 10.4. The molecule has 1 aliphatic carbocycles. The minimum Gasteiger partial charge on any atom is -0.393 e. The van der Waals surface area contributed by atoms with E-state index in [1.807, 2.05) is 4.90 Å². The number of pyridine rings is 1. The normalized spacial score (nSPS) is 25.6. The van der Waals surface area contributed by atoms with Crippen molar-refractivity contribution in [3.8, 4) is 10.4 Å². The maximum absolute atomic E-state index is 13.7. The van der Waals surface area contributed by atoms with Crippen molar-refractivity contribution in [2.24, 2.45) is 0 Å². The van der Waals surface area contributed by atoms with Gasteiger partial charge in [0.1, 0.15) is 17.6 Å². The number of aryl methyl sites for hydroxylation is 1. The van der Waals surface area contributed by atoms with Gasteiger partial charge < -0.3 is 20.6 Å². The Morgan fingerprint density at radius 1 is 1.18 bits per heavy atom. The van der Waals surface area contributed by atoms with Gasteiger partial charge >= 0.3 is 6.18 Å². The lowest BCUT2D eigenvalue weighted by Gasteiger charge is -2.22. The molecule has 8 nitrogen and oxygen atoms in total. The number of carbonyl (C=O) groups excluding carboxylic acids is 2. The first kappa shape index (κ1) is 26.9. The molecule has 0 aromatic carbocycles. The number of nitrogens with one attached hydrogen (secondary N) is 2. The lowest BCUT2D eigenvalue weighted by Crippen LogP contribution is -2.36. The first-order chi connectivity index (χ1) is 18.0. The third kappa shape index (κ3) is 5.25. The van der Waals surface area contributed by atoms with Gasteiger partial charge in [0.25, 0.3) is 11.8 Å². The van der Waals surface area contributed by atoms with Crippen molar-refractivity contribution in [2.45, 2.75) is 102 Å². The highest BCUT2D eigenvalue weighted by Gasteiger charge is 2.44. The number of aromatic nitrogens is 2. The Kier molecular flexibility index (Phi) is 7.38. The smallest absolute Gasteiger partial charge is 0.393 e. The maximum atomic E-state index is 13.7. The molecular formula is C26H32F3N5O3S. The number of fused-ring (bicyclic) bond motifs is 2. The standard InChI is InChI=1S/C26H32F3N5O3S/c1-3-19(26(27,28)29)32-20-10-13(2)18(12-30-20)22-21(25(37)34-15-5-6-16(34)8-7-15)33-24(38-22)23(36)31-14-4-9-17(35)11-14/h10,12,14-17,19,35H,3-9,11H2,1-2H3,(H,30,32)(H,31,36)/t14-,15?,16?,17-,19+/m1/s1. The highest BCUT2D eigenvalue weighted by atomic mass is 32.1. The minimum atomic E-state index is -4.41. The molecule has 206 valence electrons. The van der Waals surface area contributed by atoms with Crippen molar-refractivity contribution in [1.29, 1.82) is 0 Å². The molecule has 4 heterocycles. The Morgan fingerprint density at radius 3 is 2.42 bits per heavy atom. The first-order valence-corrected chi connectivity index (χ1v) is 14.0. The lowest BCUT2D eigenvalue weighted by atomic mass is 10.0. The summed E-state index contributed by atoms with van der Waals surface area (Å²) >= 11 is 1.08.